The molecule has 1 aliphatic rings. The molecule has 0 saturated heterocycles. The summed E-state index contributed by atoms with van der Waals surface area (Å²) in [6.45, 7) is 1.14. The number of hydrogen-bond donors (Lipinski definition) is 1. The normalized spacial score (nSPS) is 15.9. The fraction of sp³-hybridized carbons (Fsp3) is 0.333. The molecule has 0 unspecified atom stereocenters. The molecule has 3 heterocycles. The molecular weight excluding hydrogens is 478 g/mol. The summed E-state index contributed by atoms with van der Waals surface area (Å²) in [5.41, 5.74) is 2.39. The van der Waals surface area contributed by atoms with E-state index in [1.807, 2.05) is 4.68 Å². The van der Waals surface area contributed by atoms with Gasteiger partial charge in [0.2, 0.25) is 5.95 Å². The number of rotatable bonds is 6. The summed E-state index contributed by atoms with van der Waals surface area (Å²) in [6, 6.07) is 11.2. The Hall–Kier alpha value is -3.96. The zero-order valence-electron chi connectivity index (χ0n) is 19.3. The first-order chi connectivity index (χ1) is 17.3. The molecule has 36 heavy (non-hydrogen) atoms. The van der Waals surface area contributed by atoms with Crippen molar-refractivity contribution in [3.63, 3.8) is 0 Å². The van der Waals surface area contributed by atoms with E-state index in [4.69, 9.17) is 4.74 Å². The molecule has 0 aliphatic carbocycles. The van der Waals surface area contributed by atoms with E-state index in [1.165, 1.54) is 22.9 Å². The van der Waals surface area contributed by atoms with Crippen LogP contribution in [0.4, 0.5) is 29.2 Å². The molecular formula is C24H23F4N7O. The Morgan fingerprint density at radius 1 is 1.11 bits per heavy atom. The van der Waals surface area contributed by atoms with Gasteiger partial charge in [0.1, 0.15) is 17.3 Å². The molecule has 1 N–H and O–H groups in total. The van der Waals surface area contributed by atoms with Crippen LogP contribution >= 0.6 is 0 Å². The zero-order chi connectivity index (χ0) is 25.3. The quantitative estimate of drug-likeness (QED) is 0.361. The summed E-state index contributed by atoms with van der Waals surface area (Å²) in [5, 5.41) is 15.3. The Kier molecular flexibility index (Phi) is 6.33. The molecule has 1 aliphatic heterocycles. The van der Waals surface area contributed by atoms with E-state index in [0.717, 1.165) is 30.7 Å². The highest BCUT2D eigenvalue weighted by Crippen LogP contribution is 2.33. The monoisotopic (exact) mass is 501 g/mol. The van der Waals surface area contributed by atoms with Crippen LogP contribution in [0, 0.1) is 12.7 Å². The lowest BCUT2D eigenvalue weighted by molar-refractivity contribution is -0.153. The van der Waals surface area contributed by atoms with E-state index < -0.39 is 18.6 Å². The molecule has 4 aromatic rings. The topological polar surface area (TPSA) is 82.7 Å². The fourth-order valence-electron chi connectivity index (χ4n) is 4.26. The minimum atomic E-state index is -4.39. The zero-order valence-corrected chi connectivity index (χ0v) is 19.3. The number of nitrogens with one attached hydrogen (secondary N) is 1. The largest absolute Gasteiger partial charge is 0.484 e. The first-order valence-corrected chi connectivity index (χ1v) is 11.5. The Morgan fingerprint density at radius 3 is 2.61 bits per heavy atom. The highest BCUT2D eigenvalue weighted by molar-refractivity contribution is 5.56. The van der Waals surface area contributed by atoms with Gasteiger partial charge in [-0.05, 0) is 55.7 Å². The standard InChI is InChI=1S/C24H23F4N7O/c1-15-13-29-33-35(15)21-10-7-17(12-20(21)25)30-23-31-22-19(4-2-3-11-34(22)32-23)16-5-8-18(9-6-16)36-14-24(26,27)28/h5-10,12-13,19H,2-4,11,14H2,1H3,(H,30,32)/t19-/m0/s1. The van der Waals surface area contributed by atoms with Crippen LogP contribution in [0.2, 0.25) is 0 Å². The van der Waals surface area contributed by atoms with Gasteiger partial charge >= 0.3 is 6.18 Å². The molecule has 12 heteroatoms. The molecule has 0 radical (unpaired) electrons. The van der Waals surface area contributed by atoms with Crippen molar-refractivity contribution in [2.24, 2.45) is 0 Å². The molecule has 0 spiro atoms. The summed E-state index contributed by atoms with van der Waals surface area (Å²) in [7, 11) is 0. The van der Waals surface area contributed by atoms with Gasteiger partial charge in [-0.2, -0.15) is 18.2 Å². The Balaban J connectivity index is 1.35. The van der Waals surface area contributed by atoms with Gasteiger partial charge in [0.05, 0.1) is 11.9 Å². The minimum Gasteiger partial charge on any atom is -0.484 e. The van der Waals surface area contributed by atoms with E-state index >= 15 is 0 Å². The molecule has 8 nitrogen and oxygen atoms in total. The van der Waals surface area contributed by atoms with Crippen molar-refractivity contribution < 1.29 is 22.3 Å². The first-order valence-electron chi connectivity index (χ1n) is 11.5. The van der Waals surface area contributed by atoms with E-state index in [0.29, 0.717) is 23.9 Å². The van der Waals surface area contributed by atoms with Crippen molar-refractivity contribution in [1.29, 1.82) is 0 Å². The van der Waals surface area contributed by atoms with E-state index in [1.54, 1.807) is 37.4 Å². The minimum absolute atomic E-state index is 0.0818. The summed E-state index contributed by atoms with van der Waals surface area (Å²) in [4.78, 5) is 4.68. The predicted molar refractivity (Wildman–Crippen MR) is 123 cm³/mol. The SMILES string of the molecule is Cc1cnnn1-c1ccc(Nc2nc3n(n2)CCCC[C@H]3c2ccc(OCC(F)(F)F)cc2)cc1F. The van der Waals surface area contributed by atoms with Crippen molar-refractivity contribution in [2.45, 2.75) is 44.8 Å². The molecule has 2 aromatic carbocycles. The fourth-order valence-corrected chi connectivity index (χ4v) is 4.26. The van der Waals surface area contributed by atoms with Gasteiger partial charge in [0, 0.05) is 18.2 Å². The van der Waals surface area contributed by atoms with Crippen LogP contribution in [-0.2, 0) is 6.54 Å². The van der Waals surface area contributed by atoms with Gasteiger partial charge in [-0.3, -0.25) is 0 Å². The van der Waals surface area contributed by atoms with Gasteiger partial charge in [0.25, 0.3) is 0 Å². The second kappa shape index (κ2) is 9.59. The van der Waals surface area contributed by atoms with Gasteiger partial charge in [-0.25, -0.2) is 13.8 Å². The number of alkyl halides is 3. The second-order valence-electron chi connectivity index (χ2n) is 8.62. The number of ether oxygens (including phenoxy) is 1. The molecule has 188 valence electrons. The van der Waals surface area contributed by atoms with Gasteiger partial charge in [-0.15, -0.1) is 10.2 Å². The van der Waals surface area contributed by atoms with Gasteiger partial charge in [0.15, 0.2) is 12.4 Å². The number of aromatic nitrogens is 6. The van der Waals surface area contributed by atoms with Crippen molar-refractivity contribution in [1.82, 2.24) is 29.8 Å². The second-order valence-corrected chi connectivity index (χ2v) is 8.62. The molecule has 1 atom stereocenters. The Labute approximate surface area is 203 Å². The number of benzene rings is 2. The van der Waals surface area contributed by atoms with Crippen molar-refractivity contribution in [3.8, 4) is 11.4 Å². The van der Waals surface area contributed by atoms with Crippen LogP contribution in [0.25, 0.3) is 5.69 Å². The average Bonchev–Trinajstić information content (AvgIpc) is 3.38. The highest BCUT2D eigenvalue weighted by Gasteiger charge is 2.29. The number of halogens is 4. The lowest BCUT2D eigenvalue weighted by Crippen LogP contribution is -2.19. The lowest BCUT2D eigenvalue weighted by Gasteiger charge is -2.15. The van der Waals surface area contributed by atoms with Crippen LogP contribution in [-0.4, -0.2) is 42.5 Å². The van der Waals surface area contributed by atoms with Crippen LogP contribution < -0.4 is 10.1 Å². The maximum absolute atomic E-state index is 14.8. The molecule has 0 saturated carbocycles. The third-order valence-corrected chi connectivity index (χ3v) is 5.96. The van der Waals surface area contributed by atoms with Gasteiger partial charge < -0.3 is 10.1 Å². The molecule has 2 aromatic heterocycles. The van der Waals surface area contributed by atoms with Crippen LogP contribution in [0.5, 0.6) is 5.75 Å². The summed E-state index contributed by atoms with van der Waals surface area (Å²) in [5.74, 6) is 0.683. The maximum atomic E-state index is 14.8. The van der Waals surface area contributed by atoms with Crippen LogP contribution in [0.3, 0.4) is 0 Å². The molecule has 5 rings (SSSR count). The van der Waals surface area contributed by atoms with Crippen molar-refractivity contribution in [3.05, 3.63) is 71.6 Å². The number of anilines is 2. The average molecular weight is 501 g/mol. The predicted octanol–water partition coefficient (Wildman–Crippen LogP) is 5.31. The highest BCUT2D eigenvalue weighted by atomic mass is 19.4. The van der Waals surface area contributed by atoms with E-state index in [9.17, 15) is 17.6 Å². The molecule has 0 bridgehead atoms. The number of hydrogen-bond acceptors (Lipinski definition) is 6. The maximum Gasteiger partial charge on any atom is 0.422 e. The number of fused-ring (bicyclic) bond motifs is 1. The van der Waals surface area contributed by atoms with Crippen LogP contribution in [0.1, 0.15) is 42.3 Å². The van der Waals surface area contributed by atoms with E-state index in [2.05, 4.69) is 25.7 Å². The smallest absolute Gasteiger partial charge is 0.422 e. The van der Waals surface area contributed by atoms with Crippen molar-refractivity contribution in [2.75, 3.05) is 11.9 Å². The van der Waals surface area contributed by atoms with Crippen molar-refractivity contribution >= 4 is 11.6 Å². The molecule has 0 fully saturated rings. The third kappa shape index (κ3) is 5.16. The summed E-state index contributed by atoms with van der Waals surface area (Å²) >= 11 is 0. The number of nitrogens with zero attached hydrogens (tertiary/aromatic N) is 6. The van der Waals surface area contributed by atoms with Crippen LogP contribution in [0.15, 0.2) is 48.7 Å². The molecule has 0 amide bonds. The summed E-state index contributed by atoms with van der Waals surface area (Å²) < 4.78 is 60.1. The Bertz CT molecular complexity index is 1350. The first kappa shape index (κ1) is 23.8. The van der Waals surface area contributed by atoms with Gasteiger partial charge in [-0.1, -0.05) is 23.8 Å². The lowest BCUT2D eigenvalue weighted by atomic mass is 9.93. The Morgan fingerprint density at radius 2 is 1.92 bits per heavy atom. The van der Waals surface area contributed by atoms with E-state index in [-0.39, 0.29) is 17.4 Å². The number of aryl methyl sites for hydroxylation is 2. The third-order valence-electron chi connectivity index (χ3n) is 5.96. The summed E-state index contributed by atoms with van der Waals surface area (Å²) in [6.07, 6.45) is -0.147.